The van der Waals surface area contributed by atoms with E-state index >= 15 is 0 Å². The monoisotopic (exact) mass is 398 g/mol. The van der Waals surface area contributed by atoms with Gasteiger partial charge in [-0.25, -0.2) is 0 Å². The average molecular weight is 399 g/mol. The molecule has 1 aromatic heterocycles. The fourth-order valence-electron chi connectivity index (χ4n) is 2.65. The van der Waals surface area contributed by atoms with Gasteiger partial charge < -0.3 is 10.2 Å². The van der Waals surface area contributed by atoms with Crippen molar-refractivity contribution >= 4 is 45.5 Å². The van der Waals surface area contributed by atoms with Gasteiger partial charge in [0.15, 0.2) is 4.34 Å². The van der Waals surface area contributed by atoms with Crippen LogP contribution in [0.3, 0.4) is 0 Å². The summed E-state index contributed by atoms with van der Waals surface area (Å²) in [5, 5.41) is 12.1. The Bertz CT molecular complexity index is 898. The van der Waals surface area contributed by atoms with Gasteiger partial charge in [0.25, 0.3) is 0 Å². The van der Waals surface area contributed by atoms with Crippen LogP contribution in [0.15, 0.2) is 58.9 Å². The molecule has 1 atom stereocenters. The summed E-state index contributed by atoms with van der Waals surface area (Å²) in [5.41, 5.74) is 3.07. The number of benzene rings is 2. The zero-order chi connectivity index (χ0) is 19.2. The normalized spacial score (nSPS) is 11.8. The summed E-state index contributed by atoms with van der Waals surface area (Å²) in [6, 6.07) is 17.8. The first-order chi connectivity index (χ1) is 13.1. The molecule has 1 N–H and O–H groups in total. The lowest BCUT2D eigenvalue weighted by Crippen LogP contribution is -2.36. The lowest BCUT2D eigenvalue weighted by atomic mass is 10.2. The number of nitrogens with one attached hydrogen (secondary N) is 1. The molecule has 7 heteroatoms. The Morgan fingerprint density at radius 3 is 2.67 bits per heavy atom. The summed E-state index contributed by atoms with van der Waals surface area (Å²) < 4.78 is 0.773. The van der Waals surface area contributed by atoms with E-state index in [1.54, 1.807) is 4.90 Å². The topological polar surface area (TPSA) is 58.1 Å². The number of nitrogens with zero attached hydrogens (tertiary/aromatic N) is 3. The van der Waals surface area contributed by atoms with Gasteiger partial charge in [-0.2, -0.15) is 0 Å². The van der Waals surface area contributed by atoms with E-state index in [0.29, 0.717) is 6.54 Å². The second kappa shape index (κ2) is 9.01. The van der Waals surface area contributed by atoms with Crippen molar-refractivity contribution in [2.24, 2.45) is 0 Å². The third-order valence-corrected chi connectivity index (χ3v) is 5.96. The highest BCUT2D eigenvalue weighted by Gasteiger charge is 2.23. The minimum absolute atomic E-state index is 0.0668. The second-order valence-corrected chi connectivity index (χ2v) is 8.61. The maximum Gasteiger partial charge on any atom is 0.240 e. The first kappa shape index (κ1) is 19.4. The number of aromatic nitrogens is 2. The third kappa shape index (κ3) is 5.08. The van der Waals surface area contributed by atoms with Crippen LogP contribution in [0, 0.1) is 6.92 Å². The number of para-hydroxylation sites is 1. The molecule has 0 saturated heterocycles. The summed E-state index contributed by atoms with van der Waals surface area (Å²) in [6.45, 7) is 6.57. The molecule has 2 aromatic carbocycles. The van der Waals surface area contributed by atoms with Crippen LogP contribution in [0.25, 0.3) is 0 Å². The van der Waals surface area contributed by atoms with Crippen LogP contribution in [0.1, 0.15) is 19.4 Å². The Balaban J connectivity index is 1.64. The SMILES string of the molecule is CCN(C(=O)[C@@H](C)Sc1nnc(Nc2cccc(C)c2)s1)c1ccccc1. The molecule has 3 rings (SSSR count). The minimum Gasteiger partial charge on any atom is -0.330 e. The van der Waals surface area contributed by atoms with E-state index in [9.17, 15) is 4.79 Å². The van der Waals surface area contributed by atoms with Gasteiger partial charge in [0, 0.05) is 17.9 Å². The largest absolute Gasteiger partial charge is 0.330 e. The molecule has 1 amide bonds. The Kier molecular flexibility index (Phi) is 6.47. The van der Waals surface area contributed by atoms with Crippen molar-refractivity contribution in [3.63, 3.8) is 0 Å². The molecule has 0 saturated carbocycles. The van der Waals surface area contributed by atoms with Gasteiger partial charge in [-0.15, -0.1) is 10.2 Å². The maximum atomic E-state index is 12.9. The van der Waals surface area contributed by atoms with Crippen molar-refractivity contribution < 1.29 is 4.79 Å². The number of anilines is 3. The zero-order valence-corrected chi connectivity index (χ0v) is 17.2. The molecule has 0 unspecified atom stereocenters. The number of hydrogen-bond acceptors (Lipinski definition) is 6. The van der Waals surface area contributed by atoms with E-state index in [1.165, 1.54) is 28.7 Å². The van der Waals surface area contributed by atoms with E-state index in [2.05, 4.69) is 21.6 Å². The van der Waals surface area contributed by atoms with Crippen LogP contribution in [0.4, 0.5) is 16.5 Å². The standard InChI is InChI=1S/C20H22N4OS2/c1-4-24(17-11-6-5-7-12-17)18(25)15(3)26-20-23-22-19(27-20)21-16-10-8-9-14(2)13-16/h5-13,15H,4H2,1-3H3,(H,21,22)/t15-/m1/s1. The van der Waals surface area contributed by atoms with E-state index in [1.807, 2.05) is 69.3 Å². The lowest BCUT2D eigenvalue weighted by Gasteiger charge is -2.23. The fraction of sp³-hybridized carbons (Fsp3) is 0.250. The lowest BCUT2D eigenvalue weighted by molar-refractivity contribution is -0.117. The van der Waals surface area contributed by atoms with Gasteiger partial charge in [-0.3, -0.25) is 4.79 Å². The van der Waals surface area contributed by atoms with Crippen molar-refractivity contribution in [1.29, 1.82) is 0 Å². The Labute approximate surface area is 167 Å². The highest BCUT2D eigenvalue weighted by Crippen LogP contribution is 2.31. The molecule has 27 heavy (non-hydrogen) atoms. The number of thioether (sulfide) groups is 1. The molecule has 0 spiro atoms. The van der Waals surface area contributed by atoms with Crippen LogP contribution >= 0.6 is 23.1 Å². The van der Waals surface area contributed by atoms with Crippen LogP contribution in [0.2, 0.25) is 0 Å². The molecule has 0 aliphatic heterocycles. The number of carbonyl (C=O) groups is 1. The molecule has 0 radical (unpaired) electrons. The van der Waals surface area contributed by atoms with Gasteiger partial charge in [-0.05, 0) is 50.6 Å². The molecule has 3 aromatic rings. The Hall–Kier alpha value is -2.38. The second-order valence-electron chi connectivity index (χ2n) is 6.05. The molecule has 0 fully saturated rings. The number of hydrogen-bond donors (Lipinski definition) is 1. The predicted octanol–water partition coefficient (Wildman–Crippen LogP) is 5.12. The Morgan fingerprint density at radius 2 is 1.96 bits per heavy atom. The van der Waals surface area contributed by atoms with Gasteiger partial charge >= 0.3 is 0 Å². The highest BCUT2D eigenvalue weighted by molar-refractivity contribution is 8.02. The van der Waals surface area contributed by atoms with Gasteiger partial charge in [-0.1, -0.05) is 53.4 Å². The maximum absolute atomic E-state index is 12.9. The molecular weight excluding hydrogens is 376 g/mol. The summed E-state index contributed by atoms with van der Waals surface area (Å²) in [7, 11) is 0. The molecule has 0 aliphatic rings. The average Bonchev–Trinajstić information content (AvgIpc) is 3.10. The van der Waals surface area contributed by atoms with Crippen molar-refractivity contribution in [3.8, 4) is 0 Å². The summed E-state index contributed by atoms with van der Waals surface area (Å²) in [4.78, 5) is 14.7. The van der Waals surface area contributed by atoms with Crippen LogP contribution < -0.4 is 10.2 Å². The van der Waals surface area contributed by atoms with E-state index in [4.69, 9.17) is 0 Å². The summed E-state index contributed by atoms with van der Waals surface area (Å²) in [5.74, 6) is 0.0668. The fourth-order valence-corrected chi connectivity index (χ4v) is 4.63. The van der Waals surface area contributed by atoms with Crippen molar-refractivity contribution in [2.45, 2.75) is 30.4 Å². The molecule has 140 valence electrons. The van der Waals surface area contributed by atoms with E-state index in [-0.39, 0.29) is 11.2 Å². The van der Waals surface area contributed by atoms with Crippen molar-refractivity contribution in [1.82, 2.24) is 10.2 Å². The van der Waals surface area contributed by atoms with Gasteiger partial charge in [0.05, 0.1) is 5.25 Å². The number of aryl methyl sites for hydroxylation is 1. The first-order valence-corrected chi connectivity index (χ1v) is 10.5. The quantitative estimate of drug-likeness (QED) is 0.560. The summed E-state index contributed by atoms with van der Waals surface area (Å²) >= 11 is 2.89. The predicted molar refractivity (Wildman–Crippen MR) is 114 cm³/mol. The first-order valence-electron chi connectivity index (χ1n) is 8.77. The van der Waals surface area contributed by atoms with Crippen molar-refractivity contribution in [2.75, 3.05) is 16.8 Å². The smallest absolute Gasteiger partial charge is 0.240 e. The van der Waals surface area contributed by atoms with Crippen LogP contribution in [0.5, 0.6) is 0 Å². The third-order valence-electron chi connectivity index (χ3n) is 3.95. The summed E-state index contributed by atoms with van der Waals surface area (Å²) in [6.07, 6.45) is 0. The highest BCUT2D eigenvalue weighted by atomic mass is 32.2. The number of carbonyl (C=O) groups excluding carboxylic acids is 1. The molecule has 1 heterocycles. The minimum atomic E-state index is -0.245. The number of amides is 1. The van der Waals surface area contributed by atoms with Crippen molar-refractivity contribution in [3.05, 3.63) is 60.2 Å². The Morgan fingerprint density at radius 1 is 1.19 bits per heavy atom. The number of rotatable bonds is 7. The van der Waals surface area contributed by atoms with Gasteiger partial charge in [0.1, 0.15) is 0 Å². The van der Waals surface area contributed by atoms with Gasteiger partial charge in [0.2, 0.25) is 11.0 Å². The molecule has 5 nitrogen and oxygen atoms in total. The zero-order valence-electron chi connectivity index (χ0n) is 15.5. The van der Waals surface area contributed by atoms with Crippen LogP contribution in [-0.2, 0) is 4.79 Å². The molecule has 0 bridgehead atoms. The molecular formula is C20H22N4OS2. The van der Waals surface area contributed by atoms with Crippen LogP contribution in [-0.4, -0.2) is 27.9 Å². The van der Waals surface area contributed by atoms with E-state index < -0.39 is 0 Å². The molecule has 0 aliphatic carbocycles. The van der Waals surface area contributed by atoms with E-state index in [0.717, 1.165) is 20.8 Å².